The van der Waals surface area contributed by atoms with Crippen LogP contribution in [0.5, 0.6) is 0 Å². The molecule has 11 aromatic rings. The normalized spacial score (nSPS) is 11.8. The summed E-state index contributed by atoms with van der Waals surface area (Å²) >= 11 is 0. The summed E-state index contributed by atoms with van der Waals surface area (Å²) in [5.74, 6) is 1.84. The van der Waals surface area contributed by atoms with E-state index in [4.69, 9.17) is 19.4 Å². The summed E-state index contributed by atoms with van der Waals surface area (Å²) in [6.07, 6.45) is 0. The summed E-state index contributed by atoms with van der Waals surface area (Å²) in [7, 11) is 0. The molecule has 11 rings (SSSR count). The predicted octanol–water partition coefficient (Wildman–Crippen LogP) is 13.1. The van der Waals surface area contributed by atoms with E-state index in [1.54, 1.807) is 0 Å². The van der Waals surface area contributed by atoms with Crippen LogP contribution in [0.1, 0.15) is 0 Å². The lowest BCUT2D eigenvalue weighted by Crippen LogP contribution is -2.01. The van der Waals surface area contributed by atoms with Crippen molar-refractivity contribution in [2.24, 2.45) is 0 Å². The Morgan fingerprint density at radius 2 is 0.811 bits per heavy atom. The van der Waals surface area contributed by atoms with Crippen molar-refractivity contribution in [3.05, 3.63) is 176 Å². The number of fused-ring (bicyclic) bond motifs is 7. The second kappa shape index (κ2) is 11.7. The zero-order valence-electron chi connectivity index (χ0n) is 28.5. The molecule has 0 unspecified atom stereocenters. The number of aromatic nitrogens is 3. The Morgan fingerprint density at radius 3 is 1.45 bits per heavy atom. The molecule has 0 N–H and O–H groups in total. The lowest BCUT2D eigenvalue weighted by atomic mass is 9.96. The molecular formula is C49H29N3O. The summed E-state index contributed by atoms with van der Waals surface area (Å²) in [6.45, 7) is 0. The van der Waals surface area contributed by atoms with Gasteiger partial charge in [-0.15, -0.1) is 0 Å². The van der Waals surface area contributed by atoms with Crippen molar-refractivity contribution in [1.29, 1.82) is 0 Å². The Balaban J connectivity index is 1.25. The van der Waals surface area contributed by atoms with E-state index < -0.39 is 0 Å². The molecule has 246 valence electrons. The first-order valence-electron chi connectivity index (χ1n) is 17.8. The summed E-state index contributed by atoms with van der Waals surface area (Å²) < 4.78 is 6.75. The van der Waals surface area contributed by atoms with Crippen LogP contribution in [0, 0.1) is 0 Å². The van der Waals surface area contributed by atoms with E-state index in [1.165, 1.54) is 10.8 Å². The SMILES string of the molecule is c1ccc2cc(-c3cc(-c4nc(-c5cccc6ccccc56)nc(-c5cccc6ccccc56)n4)c4c(c3)oc3cc5ccccc5cc34)ccc2c1. The molecule has 0 aliphatic carbocycles. The summed E-state index contributed by atoms with van der Waals surface area (Å²) in [5.41, 5.74) is 6.54. The fourth-order valence-corrected chi connectivity index (χ4v) is 7.88. The van der Waals surface area contributed by atoms with Crippen molar-refractivity contribution in [2.75, 3.05) is 0 Å². The van der Waals surface area contributed by atoms with Gasteiger partial charge in [-0.2, -0.15) is 0 Å². The van der Waals surface area contributed by atoms with Crippen LogP contribution < -0.4 is 0 Å². The molecule has 2 aromatic heterocycles. The van der Waals surface area contributed by atoms with Gasteiger partial charge in [0, 0.05) is 27.5 Å². The first-order chi connectivity index (χ1) is 26.2. The maximum Gasteiger partial charge on any atom is 0.164 e. The lowest BCUT2D eigenvalue weighted by molar-refractivity contribution is 0.669. The molecule has 0 atom stereocenters. The van der Waals surface area contributed by atoms with Gasteiger partial charge >= 0.3 is 0 Å². The highest BCUT2D eigenvalue weighted by Crippen LogP contribution is 2.42. The molecule has 2 heterocycles. The van der Waals surface area contributed by atoms with Crippen LogP contribution >= 0.6 is 0 Å². The van der Waals surface area contributed by atoms with Crippen molar-refractivity contribution in [1.82, 2.24) is 15.0 Å². The van der Waals surface area contributed by atoms with Crippen LogP contribution in [0.15, 0.2) is 180 Å². The summed E-state index contributed by atoms with van der Waals surface area (Å²) in [6, 6.07) is 61.7. The van der Waals surface area contributed by atoms with Gasteiger partial charge in [0.15, 0.2) is 17.5 Å². The third-order valence-corrected chi connectivity index (χ3v) is 10.5. The average molecular weight is 676 g/mol. The monoisotopic (exact) mass is 675 g/mol. The van der Waals surface area contributed by atoms with Gasteiger partial charge in [-0.3, -0.25) is 0 Å². The van der Waals surface area contributed by atoms with Gasteiger partial charge in [-0.05, 0) is 84.5 Å². The molecule has 0 bridgehead atoms. The zero-order chi connectivity index (χ0) is 34.9. The van der Waals surface area contributed by atoms with E-state index in [9.17, 15) is 0 Å². The smallest absolute Gasteiger partial charge is 0.164 e. The van der Waals surface area contributed by atoms with Gasteiger partial charge in [-0.25, -0.2) is 15.0 Å². The third kappa shape index (κ3) is 4.88. The highest BCUT2D eigenvalue weighted by Gasteiger charge is 2.21. The van der Waals surface area contributed by atoms with Crippen molar-refractivity contribution in [3.63, 3.8) is 0 Å². The van der Waals surface area contributed by atoms with Crippen LogP contribution in [0.25, 0.3) is 110 Å². The molecular weight excluding hydrogens is 647 g/mol. The van der Waals surface area contributed by atoms with E-state index >= 15 is 0 Å². The minimum absolute atomic E-state index is 0.592. The Hall–Kier alpha value is -7.17. The molecule has 0 fully saturated rings. The second-order valence-corrected chi connectivity index (χ2v) is 13.6. The number of rotatable bonds is 4. The maximum atomic E-state index is 6.75. The van der Waals surface area contributed by atoms with E-state index in [1.807, 2.05) is 0 Å². The summed E-state index contributed by atoms with van der Waals surface area (Å²) in [5, 5.41) is 11.1. The molecule has 53 heavy (non-hydrogen) atoms. The Kier molecular flexibility index (Phi) is 6.52. The predicted molar refractivity (Wildman–Crippen MR) is 219 cm³/mol. The van der Waals surface area contributed by atoms with Crippen molar-refractivity contribution in [3.8, 4) is 45.3 Å². The highest BCUT2D eigenvalue weighted by atomic mass is 16.3. The van der Waals surface area contributed by atoms with Crippen LogP contribution in [-0.2, 0) is 0 Å². The molecule has 4 heteroatoms. The molecule has 0 aliphatic heterocycles. The van der Waals surface area contributed by atoms with Gasteiger partial charge < -0.3 is 4.42 Å². The minimum Gasteiger partial charge on any atom is -0.456 e. The summed E-state index contributed by atoms with van der Waals surface area (Å²) in [4.78, 5) is 15.9. The van der Waals surface area contributed by atoms with E-state index in [0.717, 1.165) is 82.1 Å². The molecule has 0 radical (unpaired) electrons. The van der Waals surface area contributed by atoms with Gasteiger partial charge in [0.25, 0.3) is 0 Å². The Morgan fingerprint density at radius 1 is 0.302 bits per heavy atom. The molecule has 0 amide bonds. The van der Waals surface area contributed by atoms with Gasteiger partial charge in [-0.1, -0.05) is 146 Å². The molecule has 0 spiro atoms. The largest absolute Gasteiger partial charge is 0.456 e. The number of benzene rings is 9. The third-order valence-electron chi connectivity index (χ3n) is 10.5. The molecule has 0 saturated carbocycles. The van der Waals surface area contributed by atoms with E-state index in [2.05, 4.69) is 176 Å². The van der Waals surface area contributed by atoms with Crippen LogP contribution in [0.2, 0.25) is 0 Å². The van der Waals surface area contributed by atoms with E-state index in [-0.39, 0.29) is 0 Å². The number of hydrogen-bond acceptors (Lipinski definition) is 4. The first-order valence-corrected chi connectivity index (χ1v) is 17.8. The van der Waals surface area contributed by atoms with Crippen molar-refractivity contribution < 1.29 is 4.42 Å². The quantitative estimate of drug-likeness (QED) is 0.186. The minimum atomic E-state index is 0.592. The Labute approximate surface area is 304 Å². The van der Waals surface area contributed by atoms with Crippen molar-refractivity contribution in [2.45, 2.75) is 0 Å². The topological polar surface area (TPSA) is 51.8 Å². The first kappa shape index (κ1) is 29.5. The maximum absolute atomic E-state index is 6.75. The second-order valence-electron chi connectivity index (χ2n) is 13.6. The number of furan rings is 1. The highest BCUT2D eigenvalue weighted by molar-refractivity contribution is 6.16. The standard InChI is InChI=1S/C49H29N3O/c1-2-14-33-25-36(24-23-30(33)11-1)37-27-43(46-42-26-34-15-3-4-16-35(34)28-44(42)53-45(46)29-37)49-51-47(40-21-9-17-31-12-5-7-19-38(31)40)50-48(52-49)41-22-10-18-32-13-6-8-20-39(32)41/h1-29H. The Bertz CT molecular complexity index is 3140. The lowest BCUT2D eigenvalue weighted by Gasteiger charge is -2.13. The molecule has 0 saturated heterocycles. The van der Waals surface area contributed by atoms with E-state index in [0.29, 0.717) is 17.5 Å². The number of nitrogens with zero attached hydrogens (tertiary/aromatic N) is 3. The van der Waals surface area contributed by atoms with Gasteiger partial charge in [0.2, 0.25) is 0 Å². The van der Waals surface area contributed by atoms with Crippen molar-refractivity contribution >= 4 is 65.0 Å². The van der Waals surface area contributed by atoms with Crippen LogP contribution in [-0.4, -0.2) is 15.0 Å². The van der Waals surface area contributed by atoms with Crippen LogP contribution in [0.3, 0.4) is 0 Å². The van der Waals surface area contributed by atoms with Gasteiger partial charge in [0.05, 0.1) is 0 Å². The fraction of sp³-hybridized carbons (Fsp3) is 0. The molecule has 9 aromatic carbocycles. The average Bonchev–Trinajstić information content (AvgIpc) is 3.58. The molecule has 4 nitrogen and oxygen atoms in total. The van der Waals surface area contributed by atoms with Crippen LogP contribution in [0.4, 0.5) is 0 Å². The zero-order valence-corrected chi connectivity index (χ0v) is 28.5. The van der Waals surface area contributed by atoms with Gasteiger partial charge in [0.1, 0.15) is 11.2 Å². The number of hydrogen-bond donors (Lipinski definition) is 0. The fourth-order valence-electron chi connectivity index (χ4n) is 7.88. The molecule has 0 aliphatic rings.